The Kier molecular flexibility index (Phi) is 3.52. The molecule has 4 rings (SSSR count). The van der Waals surface area contributed by atoms with Crippen LogP contribution < -0.4 is 4.90 Å². The van der Waals surface area contributed by atoms with Gasteiger partial charge in [-0.25, -0.2) is 4.98 Å². The number of hydrogen-bond donors (Lipinski definition) is 0. The van der Waals surface area contributed by atoms with Crippen molar-refractivity contribution in [2.24, 2.45) is 0 Å². The molecule has 0 saturated carbocycles. The molecule has 3 heterocycles. The lowest BCUT2D eigenvalue weighted by Crippen LogP contribution is -2.61. The van der Waals surface area contributed by atoms with Gasteiger partial charge in [-0.05, 0) is 18.2 Å². The van der Waals surface area contributed by atoms with Crippen molar-refractivity contribution in [2.75, 3.05) is 44.3 Å². The largest absolute Gasteiger partial charge is 0.379 e. The second-order valence-electron chi connectivity index (χ2n) is 5.57. The number of benzene rings is 1. The molecule has 2 fully saturated rings. The summed E-state index contributed by atoms with van der Waals surface area (Å²) in [6.45, 7) is 5.90. The van der Waals surface area contributed by atoms with E-state index in [0.29, 0.717) is 6.04 Å². The van der Waals surface area contributed by atoms with Gasteiger partial charge in [-0.1, -0.05) is 15.9 Å². The summed E-state index contributed by atoms with van der Waals surface area (Å²) < 4.78 is 6.45. The van der Waals surface area contributed by atoms with Gasteiger partial charge in [0.25, 0.3) is 0 Å². The Morgan fingerprint density at radius 1 is 1.14 bits per heavy atom. The van der Waals surface area contributed by atoms with Gasteiger partial charge in [-0.3, -0.25) is 9.88 Å². The van der Waals surface area contributed by atoms with E-state index in [1.54, 1.807) is 0 Å². The van der Waals surface area contributed by atoms with Crippen LogP contribution in [0.1, 0.15) is 0 Å². The molecular weight excluding hydrogens is 332 g/mol. The van der Waals surface area contributed by atoms with Crippen molar-refractivity contribution in [3.8, 4) is 0 Å². The lowest BCUT2D eigenvalue weighted by molar-refractivity contribution is 0.0104. The van der Waals surface area contributed by atoms with Gasteiger partial charge in [0, 0.05) is 36.7 Å². The fraction of sp³-hybridized carbons (Fsp3) is 0.467. The fourth-order valence-corrected chi connectivity index (χ4v) is 3.29. The minimum atomic E-state index is 0.633. The molecule has 0 aliphatic carbocycles. The number of hydrogen-bond acceptors (Lipinski definition) is 5. The van der Waals surface area contributed by atoms with E-state index in [4.69, 9.17) is 9.72 Å². The summed E-state index contributed by atoms with van der Waals surface area (Å²) in [5.41, 5.74) is 1.88. The monoisotopic (exact) mass is 348 g/mol. The summed E-state index contributed by atoms with van der Waals surface area (Å²) in [5, 5.41) is 0. The molecule has 2 aromatic rings. The molecule has 0 unspecified atom stereocenters. The SMILES string of the molecule is Brc1ccc2ncc(N3CC(N4CCOCC4)C3)nc2c1. The first kappa shape index (κ1) is 13.4. The van der Waals surface area contributed by atoms with E-state index >= 15 is 0 Å². The number of morpholine rings is 1. The van der Waals surface area contributed by atoms with Crippen molar-refractivity contribution >= 4 is 32.8 Å². The summed E-state index contributed by atoms with van der Waals surface area (Å²) in [7, 11) is 0. The number of nitrogens with zero attached hydrogens (tertiary/aromatic N) is 4. The van der Waals surface area contributed by atoms with Crippen LogP contribution in [-0.2, 0) is 4.74 Å². The highest BCUT2D eigenvalue weighted by Crippen LogP contribution is 2.24. The van der Waals surface area contributed by atoms with Crippen LogP contribution in [0.5, 0.6) is 0 Å². The van der Waals surface area contributed by atoms with Crippen molar-refractivity contribution in [3.63, 3.8) is 0 Å². The van der Waals surface area contributed by atoms with Crippen molar-refractivity contribution in [3.05, 3.63) is 28.9 Å². The van der Waals surface area contributed by atoms with Crippen LogP contribution in [0.3, 0.4) is 0 Å². The summed E-state index contributed by atoms with van der Waals surface area (Å²) >= 11 is 3.49. The van der Waals surface area contributed by atoms with Gasteiger partial charge in [-0.2, -0.15) is 0 Å². The highest BCUT2D eigenvalue weighted by molar-refractivity contribution is 9.10. The van der Waals surface area contributed by atoms with E-state index in [2.05, 4.69) is 30.7 Å². The summed E-state index contributed by atoms with van der Waals surface area (Å²) in [6.07, 6.45) is 1.88. The summed E-state index contributed by atoms with van der Waals surface area (Å²) in [4.78, 5) is 14.0. The van der Waals surface area contributed by atoms with Gasteiger partial charge in [0.15, 0.2) is 0 Å². The van der Waals surface area contributed by atoms with Crippen molar-refractivity contribution in [1.82, 2.24) is 14.9 Å². The standard InChI is InChI=1S/C15H17BrN4O/c16-11-1-2-13-14(7-11)18-15(8-17-13)20-9-12(10-20)19-3-5-21-6-4-19/h1-2,7-8,12H,3-6,9-10H2. The third kappa shape index (κ3) is 2.63. The third-order valence-corrected chi connectivity index (χ3v) is 4.73. The van der Waals surface area contributed by atoms with Crippen molar-refractivity contribution in [1.29, 1.82) is 0 Å². The molecule has 0 spiro atoms. The Hall–Kier alpha value is -1.24. The molecule has 2 aliphatic heterocycles. The van der Waals surface area contributed by atoms with E-state index in [0.717, 1.165) is 60.7 Å². The molecule has 0 N–H and O–H groups in total. The zero-order valence-electron chi connectivity index (χ0n) is 11.7. The molecule has 0 bridgehead atoms. The zero-order chi connectivity index (χ0) is 14.2. The van der Waals surface area contributed by atoms with Crippen molar-refractivity contribution < 1.29 is 4.74 Å². The molecule has 2 saturated heterocycles. The van der Waals surface area contributed by atoms with E-state index in [-0.39, 0.29) is 0 Å². The summed E-state index contributed by atoms with van der Waals surface area (Å²) in [6, 6.07) is 6.64. The number of ether oxygens (including phenoxy) is 1. The molecule has 1 aromatic carbocycles. The first-order valence-electron chi connectivity index (χ1n) is 7.29. The minimum Gasteiger partial charge on any atom is -0.379 e. The Morgan fingerprint density at radius 2 is 1.95 bits per heavy atom. The van der Waals surface area contributed by atoms with E-state index in [1.807, 2.05) is 24.4 Å². The van der Waals surface area contributed by atoms with Gasteiger partial charge >= 0.3 is 0 Å². The fourth-order valence-electron chi connectivity index (χ4n) is 2.94. The average molecular weight is 349 g/mol. The lowest BCUT2D eigenvalue weighted by Gasteiger charge is -2.47. The molecule has 110 valence electrons. The molecule has 0 atom stereocenters. The second-order valence-corrected chi connectivity index (χ2v) is 6.48. The second kappa shape index (κ2) is 5.51. The van der Waals surface area contributed by atoms with Crippen LogP contribution >= 0.6 is 15.9 Å². The topological polar surface area (TPSA) is 41.5 Å². The first-order chi connectivity index (χ1) is 10.3. The number of halogens is 1. The normalized spacial score (nSPS) is 20.7. The Balaban J connectivity index is 1.48. The highest BCUT2D eigenvalue weighted by atomic mass is 79.9. The predicted octanol–water partition coefficient (Wildman–Crippen LogP) is 1.91. The number of rotatable bonds is 2. The molecule has 6 heteroatoms. The predicted molar refractivity (Wildman–Crippen MR) is 85.6 cm³/mol. The van der Waals surface area contributed by atoms with Gasteiger partial charge in [0.05, 0.1) is 30.4 Å². The third-order valence-electron chi connectivity index (χ3n) is 4.24. The van der Waals surface area contributed by atoms with Crippen LogP contribution in [0.2, 0.25) is 0 Å². The van der Waals surface area contributed by atoms with Crippen molar-refractivity contribution in [2.45, 2.75) is 6.04 Å². The maximum atomic E-state index is 5.41. The smallest absolute Gasteiger partial charge is 0.147 e. The van der Waals surface area contributed by atoms with Crippen LogP contribution in [-0.4, -0.2) is 60.3 Å². The Morgan fingerprint density at radius 3 is 2.76 bits per heavy atom. The maximum Gasteiger partial charge on any atom is 0.147 e. The van der Waals surface area contributed by atoms with E-state index < -0.39 is 0 Å². The van der Waals surface area contributed by atoms with Gasteiger partial charge in [0.1, 0.15) is 5.82 Å². The van der Waals surface area contributed by atoms with E-state index in [9.17, 15) is 0 Å². The number of fused-ring (bicyclic) bond motifs is 1. The van der Waals surface area contributed by atoms with Crippen LogP contribution in [0.15, 0.2) is 28.9 Å². The Labute approximate surface area is 132 Å². The zero-order valence-corrected chi connectivity index (χ0v) is 13.3. The summed E-state index contributed by atoms with van der Waals surface area (Å²) in [5.74, 6) is 0.977. The van der Waals surface area contributed by atoms with Gasteiger partial charge in [0.2, 0.25) is 0 Å². The quantitative estimate of drug-likeness (QED) is 0.829. The number of anilines is 1. The van der Waals surface area contributed by atoms with Gasteiger partial charge in [-0.15, -0.1) is 0 Å². The number of aromatic nitrogens is 2. The molecule has 5 nitrogen and oxygen atoms in total. The molecule has 2 aliphatic rings. The van der Waals surface area contributed by atoms with Crippen LogP contribution in [0.4, 0.5) is 5.82 Å². The molecule has 1 aromatic heterocycles. The average Bonchev–Trinajstić information content (AvgIpc) is 2.46. The Bertz CT molecular complexity index is 653. The molecular formula is C15H17BrN4O. The molecule has 0 radical (unpaired) electrons. The first-order valence-corrected chi connectivity index (χ1v) is 8.08. The molecule has 0 amide bonds. The molecule has 21 heavy (non-hydrogen) atoms. The maximum absolute atomic E-state index is 5.41. The van der Waals surface area contributed by atoms with E-state index in [1.165, 1.54) is 0 Å². The van der Waals surface area contributed by atoms with Gasteiger partial charge < -0.3 is 9.64 Å². The van der Waals surface area contributed by atoms with Crippen LogP contribution in [0.25, 0.3) is 11.0 Å². The lowest BCUT2D eigenvalue weighted by atomic mass is 10.1. The highest BCUT2D eigenvalue weighted by Gasteiger charge is 2.33. The van der Waals surface area contributed by atoms with Crippen LogP contribution in [0, 0.1) is 0 Å². The minimum absolute atomic E-state index is 0.633.